The zero-order chi connectivity index (χ0) is 13.2. The first-order chi connectivity index (χ1) is 8.65. The molecule has 0 aliphatic heterocycles. The van der Waals surface area contributed by atoms with Crippen LogP contribution in [0.2, 0.25) is 0 Å². The molecule has 0 N–H and O–H groups in total. The zero-order valence-electron chi connectivity index (χ0n) is 10.8. The van der Waals surface area contributed by atoms with Crippen LogP contribution in [-0.4, -0.2) is 9.90 Å². The lowest BCUT2D eigenvalue weighted by Gasteiger charge is -2.30. The molecule has 0 aliphatic rings. The molecule has 0 saturated carbocycles. The first-order valence-electron chi connectivity index (χ1n) is 6.28. The van der Waals surface area contributed by atoms with Crippen molar-refractivity contribution in [2.24, 2.45) is 5.41 Å². The van der Waals surface area contributed by atoms with Crippen molar-refractivity contribution in [1.82, 2.24) is 4.57 Å². The highest BCUT2D eigenvalue weighted by Gasteiger charge is 2.25. The molecule has 4 heteroatoms. The fraction of sp³-hybridized carbons (Fsp3) is 0.500. The molecule has 2 heterocycles. The van der Waals surface area contributed by atoms with Gasteiger partial charge in [-0.1, -0.05) is 29.8 Å². The number of alkyl halides is 1. The lowest BCUT2D eigenvalue weighted by molar-refractivity contribution is 0.257. The highest BCUT2D eigenvalue weighted by molar-refractivity contribution is 9.09. The molecular formula is C14H18BrNOS. The van der Waals surface area contributed by atoms with Crippen LogP contribution >= 0.6 is 27.3 Å². The van der Waals surface area contributed by atoms with E-state index in [0.717, 1.165) is 34.8 Å². The summed E-state index contributed by atoms with van der Waals surface area (Å²) < 4.78 is 2.94. The standard InChI is InChI=1S/C14H18BrNOS/c1-3-14(4-2,9-15)10-16-7-5-12-11(13(16)17)6-8-18-12/h5-8H,3-4,9-10H2,1-2H3. The summed E-state index contributed by atoms with van der Waals surface area (Å²) in [6.45, 7) is 5.17. The highest BCUT2D eigenvalue weighted by atomic mass is 79.9. The first kappa shape index (κ1) is 13.8. The number of fused-ring (bicyclic) bond motifs is 1. The van der Waals surface area contributed by atoms with Gasteiger partial charge < -0.3 is 4.57 Å². The predicted molar refractivity (Wildman–Crippen MR) is 82.9 cm³/mol. The van der Waals surface area contributed by atoms with Crippen molar-refractivity contribution < 1.29 is 0 Å². The van der Waals surface area contributed by atoms with Crippen molar-refractivity contribution in [3.63, 3.8) is 0 Å². The van der Waals surface area contributed by atoms with E-state index < -0.39 is 0 Å². The van der Waals surface area contributed by atoms with Crippen LogP contribution in [0.1, 0.15) is 26.7 Å². The molecule has 0 aliphatic carbocycles. The van der Waals surface area contributed by atoms with Gasteiger partial charge in [0.15, 0.2) is 0 Å². The lowest BCUT2D eigenvalue weighted by atomic mass is 9.84. The van der Waals surface area contributed by atoms with Gasteiger partial charge in [-0.2, -0.15) is 0 Å². The van der Waals surface area contributed by atoms with Gasteiger partial charge in [0.2, 0.25) is 0 Å². The molecule has 0 atom stereocenters. The Bertz CT molecular complexity index is 574. The number of aromatic nitrogens is 1. The average molecular weight is 328 g/mol. The van der Waals surface area contributed by atoms with Crippen molar-refractivity contribution in [3.05, 3.63) is 34.1 Å². The molecule has 98 valence electrons. The molecule has 0 aromatic carbocycles. The van der Waals surface area contributed by atoms with E-state index in [1.165, 1.54) is 0 Å². The molecule has 2 aromatic heterocycles. The Hall–Kier alpha value is -0.610. The molecule has 0 amide bonds. The van der Waals surface area contributed by atoms with Crippen LogP contribution in [0.4, 0.5) is 0 Å². The van der Waals surface area contributed by atoms with Gasteiger partial charge in [-0.25, -0.2) is 0 Å². The number of hydrogen-bond acceptors (Lipinski definition) is 2. The van der Waals surface area contributed by atoms with Crippen LogP contribution in [0.3, 0.4) is 0 Å². The number of rotatable bonds is 5. The highest BCUT2D eigenvalue weighted by Crippen LogP contribution is 2.30. The summed E-state index contributed by atoms with van der Waals surface area (Å²) in [5.74, 6) is 0. The maximum Gasteiger partial charge on any atom is 0.259 e. The van der Waals surface area contributed by atoms with Gasteiger partial charge >= 0.3 is 0 Å². The number of halogens is 1. The molecule has 0 bridgehead atoms. The van der Waals surface area contributed by atoms with Crippen LogP contribution in [0.5, 0.6) is 0 Å². The van der Waals surface area contributed by atoms with Gasteiger partial charge in [0.05, 0.1) is 5.39 Å². The second-order valence-electron chi connectivity index (χ2n) is 4.79. The molecule has 0 saturated heterocycles. The second kappa shape index (κ2) is 5.57. The van der Waals surface area contributed by atoms with Crippen molar-refractivity contribution in [2.75, 3.05) is 5.33 Å². The van der Waals surface area contributed by atoms with E-state index in [4.69, 9.17) is 0 Å². The normalized spacial score (nSPS) is 12.2. The maximum absolute atomic E-state index is 12.4. The Morgan fingerprint density at radius 3 is 2.67 bits per heavy atom. The summed E-state index contributed by atoms with van der Waals surface area (Å²) in [6, 6.07) is 3.97. The second-order valence-corrected chi connectivity index (χ2v) is 6.30. The summed E-state index contributed by atoms with van der Waals surface area (Å²) in [6.07, 6.45) is 4.08. The summed E-state index contributed by atoms with van der Waals surface area (Å²) in [5.41, 5.74) is 0.314. The first-order valence-corrected chi connectivity index (χ1v) is 8.28. The maximum atomic E-state index is 12.4. The minimum atomic E-state index is 0.140. The van der Waals surface area contributed by atoms with E-state index in [9.17, 15) is 4.79 Å². The molecule has 18 heavy (non-hydrogen) atoms. The Labute approximate surface area is 120 Å². The van der Waals surface area contributed by atoms with Gasteiger partial charge in [0.25, 0.3) is 5.56 Å². The van der Waals surface area contributed by atoms with Gasteiger partial charge in [0, 0.05) is 22.8 Å². The van der Waals surface area contributed by atoms with Gasteiger partial charge in [-0.15, -0.1) is 11.3 Å². The van der Waals surface area contributed by atoms with Crippen LogP contribution in [0, 0.1) is 5.41 Å². The Morgan fingerprint density at radius 2 is 2.06 bits per heavy atom. The Morgan fingerprint density at radius 1 is 1.33 bits per heavy atom. The van der Waals surface area contributed by atoms with E-state index >= 15 is 0 Å². The molecule has 2 aromatic rings. The van der Waals surface area contributed by atoms with E-state index in [-0.39, 0.29) is 11.0 Å². The third-order valence-corrected chi connectivity index (χ3v) is 5.95. The van der Waals surface area contributed by atoms with E-state index in [0.29, 0.717) is 0 Å². The Balaban J connectivity index is 2.42. The molecule has 0 fully saturated rings. The predicted octanol–water partition coefficient (Wildman–Crippen LogP) is 4.26. The smallest absolute Gasteiger partial charge is 0.259 e. The molecule has 0 radical (unpaired) electrons. The van der Waals surface area contributed by atoms with Crippen molar-refractivity contribution in [2.45, 2.75) is 33.2 Å². The topological polar surface area (TPSA) is 22.0 Å². The molecular weight excluding hydrogens is 310 g/mol. The van der Waals surface area contributed by atoms with E-state index in [1.807, 2.05) is 28.3 Å². The average Bonchev–Trinajstić information content (AvgIpc) is 2.88. The van der Waals surface area contributed by atoms with E-state index in [2.05, 4.69) is 29.8 Å². The molecule has 0 unspecified atom stereocenters. The number of pyridine rings is 1. The van der Waals surface area contributed by atoms with Crippen molar-refractivity contribution in [1.29, 1.82) is 0 Å². The number of thiophene rings is 1. The van der Waals surface area contributed by atoms with Crippen LogP contribution < -0.4 is 5.56 Å². The summed E-state index contributed by atoms with van der Waals surface area (Å²) in [4.78, 5) is 12.4. The van der Waals surface area contributed by atoms with Crippen molar-refractivity contribution in [3.8, 4) is 0 Å². The summed E-state index contributed by atoms with van der Waals surface area (Å²) in [7, 11) is 0. The minimum absolute atomic E-state index is 0.140. The quantitative estimate of drug-likeness (QED) is 0.752. The molecule has 0 spiro atoms. The zero-order valence-corrected chi connectivity index (χ0v) is 13.2. The fourth-order valence-corrected chi connectivity index (χ4v) is 3.94. The minimum Gasteiger partial charge on any atom is -0.314 e. The van der Waals surface area contributed by atoms with Gasteiger partial charge in [-0.3, -0.25) is 4.79 Å². The van der Waals surface area contributed by atoms with Crippen LogP contribution in [0.15, 0.2) is 28.5 Å². The lowest BCUT2D eigenvalue weighted by Crippen LogP contribution is -2.32. The number of nitrogens with zero attached hydrogens (tertiary/aromatic N) is 1. The monoisotopic (exact) mass is 327 g/mol. The molecule has 2 rings (SSSR count). The van der Waals surface area contributed by atoms with E-state index in [1.54, 1.807) is 11.3 Å². The Kier molecular flexibility index (Phi) is 4.28. The van der Waals surface area contributed by atoms with Crippen LogP contribution in [-0.2, 0) is 6.54 Å². The third-order valence-electron chi connectivity index (χ3n) is 3.88. The summed E-state index contributed by atoms with van der Waals surface area (Å²) >= 11 is 5.23. The van der Waals surface area contributed by atoms with Gasteiger partial charge in [-0.05, 0) is 35.8 Å². The van der Waals surface area contributed by atoms with Gasteiger partial charge in [0.1, 0.15) is 0 Å². The third kappa shape index (κ3) is 2.41. The number of hydrogen-bond donors (Lipinski definition) is 0. The summed E-state index contributed by atoms with van der Waals surface area (Å²) in [5, 5.41) is 3.76. The largest absolute Gasteiger partial charge is 0.314 e. The van der Waals surface area contributed by atoms with Crippen molar-refractivity contribution >= 4 is 37.4 Å². The van der Waals surface area contributed by atoms with Crippen LogP contribution in [0.25, 0.3) is 10.1 Å². The fourth-order valence-electron chi connectivity index (χ4n) is 2.20. The molecule has 2 nitrogen and oxygen atoms in total. The SMILES string of the molecule is CCC(CC)(CBr)Cn1ccc2sccc2c1=O.